The van der Waals surface area contributed by atoms with Gasteiger partial charge in [0.25, 0.3) is 0 Å². The van der Waals surface area contributed by atoms with Gasteiger partial charge < -0.3 is 4.74 Å². The van der Waals surface area contributed by atoms with E-state index >= 15 is 0 Å². The number of rotatable bonds is 3. The standard InChI is InChI=1S/C11H11IN2O2/c1-8(15)14-10-3-2-4-11(16-6-5-12)9(10)7-13-14/h2-4,7H,5-6H2,1H3. The Kier molecular flexibility index (Phi) is 3.42. The van der Waals surface area contributed by atoms with Crippen LogP contribution in [0.2, 0.25) is 0 Å². The zero-order valence-electron chi connectivity index (χ0n) is 8.81. The van der Waals surface area contributed by atoms with Crippen LogP contribution in [-0.2, 0) is 0 Å². The Morgan fingerprint density at radius 2 is 2.38 bits per heavy atom. The molecule has 2 aromatic rings. The van der Waals surface area contributed by atoms with E-state index in [9.17, 15) is 4.79 Å². The Morgan fingerprint density at radius 1 is 1.56 bits per heavy atom. The number of carbonyl (C=O) groups excluding carboxylic acids is 1. The summed E-state index contributed by atoms with van der Waals surface area (Å²) in [5.41, 5.74) is 0.790. The molecule has 0 fully saturated rings. The Labute approximate surface area is 107 Å². The molecule has 0 aliphatic heterocycles. The fourth-order valence-electron chi connectivity index (χ4n) is 1.55. The van der Waals surface area contributed by atoms with Crippen LogP contribution in [0.3, 0.4) is 0 Å². The van der Waals surface area contributed by atoms with Gasteiger partial charge in [-0.05, 0) is 12.1 Å². The van der Waals surface area contributed by atoms with Gasteiger partial charge in [0.15, 0.2) is 0 Å². The third-order valence-corrected chi connectivity index (χ3v) is 2.65. The van der Waals surface area contributed by atoms with Crippen molar-refractivity contribution in [2.45, 2.75) is 6.92 Å². The molecule has 0 aliphatic carbocycles. The second-order valence-electron chi connectivity index (χ2n) is 3.30. The van der Waals surface area contributed by atoms with E-state index in [1.807, 2.05) is 18.2 Å². The lowest BCUT2D eigenvalue weighted by Gasteiger charge is -2.05. The highest BCUT2D eigenvalue weighted by Gasteiger charge is 2.09. The van der Waals surface area contributed by atoms with Gasteiger partial charge >= 0.3 is 0 Å². The van der Waals surface area contributed by atoms with Crippen LogP contribution in [0.15, 0.2) is 24.4 Å². The minimum absolute atomic E-state index is 0.0963. The van der Waals surface area contributed by atoms with Crippen LogP contribution in [0.5, 0.6) is 5.75 Å². The lowest BCUT2D eigenvalue weighted by molar-refractivity contribution is 0.0927. The van der Waals surface area contributed by atoms with Crippen molar-refractivity contribution in [3.63, 3.8) is 0 Å². The first kappa shape index (κ1) is 11.4. The Hall–Kier alpha value is -1.11. The number of halogens is 1. The van der Waals surface area contributed by atoms with Crippen LogP contribution >= 0.6 is 22.6 Å². The number of alkyl halides is 1. The molecule has 5 heteroatoms. The van der Waals surface area contributed by atoms with Crippen molar-refractivity contribution in [2.75, 3.05) is 11.0 Å². The summed E-state index contributed by atoms with van der Waals surface area (Å²) in [6.07, 6.45) is 1.67. The summed E-state index contributed by atoms with van der Waals surface area (Å²) >= 11 is 2.25. The molecule has 0 saturated heterocycles. The second-order valence-corrected chi connectivity index (χ2v) is 4.38. The predicted molar refractivity (Wildman–Crippen MR) is 70.4 cm³/mol. The first-order chi connectivity index (χ1) is 7.74. The average Bonchev–Trinajstić information content (AvgIpc) is 2.70. The summed E-state index contributed by atoms with van der Waals surface area (Å²) in [7, 11) is 0. The monoisotopic (exact) mass is 330 g/mol. The maximum atomic E-state index is 11.3. The van der Waals surface area contributed by atoms with Crippen molar-refractivity contribution >= 4 is 39.4 Å². The summed E-state index contributed by atoms with van der Waals surface area (Å²) in [5, 5.41) is 4.93. The molecule has 16 heavy (non-hydrogen) atoms. The van der Waals surface area contributed by atoms with Crippen molar-refractivity contribution in [2.24, 2.45) is 0 Å². The van der Waals surface area contributed by atoms with Gasteiger partial charge in [-0.1, -0.05) is 28.7 Å². The molecular weight excluding hydrogens is 319 g/mol. The Morgan fingerprint density at radius 3 is 3.06 bits per heavy atom. The number of ether oxygens (including phenoxy) is 1. The molecule has 0 atom stereocenters. The first-order valence-corrected chi connectivity index (χ1v) is 6.43. The molecule has 84 valence electrons. The van der Waals surface area contributed by atoms with Gasteiger partial charge in [-0.25, -0.2) is 4.68 Å². The molecule has 1 aromatic carbocycles. The molecule has 0 N–H and O–H groups in total. The smallest absolute Gasteiger partial charge is 0.244 e. The van der Waals surface area contributed by atoms with Gasteiger partial charge in [-0.3, -0.25) is 4.79 Å². The average molecular weight is 330 g/mol. The lowest BCUT2D eigenvalue weighted by atomic mass is 10.2. The molecule has 0 amide bonds. The van der Waals surface area contributed by atoms with Crippen molar-refractivity contribution in [3.05, 3.63) is 24.4 Å². The highest BCUT2D eigenvalue weighted by molar-refractivity contribution is 14.1. The van der Waals surface area contributed by atoms with E-state index in [2.05, 4.69) is 27.7 Å². The maximum absolute atomic E-state index is 11.3. The van der Waals surface area contributed by atoms with Crippen molar-refractivity contribution in [1.29, 1.82) is 0 Å². The lowest BCUT2D eigenvalue weighted by Crippen LogP contribution is -2.06. The predicted octanol–water partition coefficient (Wildman–Crippen LogP) is 2.51. The van der Waals surface area contributed by atoms with E-state index in [1.165, 1.54) is 11.6 Å². The topological polar surface area (TPSA) is 44.1 Å². The summed E-state index contributed by atoms with van der Waals surface area (Å²) in [4.78, 5) is 11.3. The quantitative estimate of drug-likeness (QED) is 0.642. The highest BCUT2D eigenvalue weighted by atomic mass is 127. The number of nitrogens with zero attached hydrogens (tertiary/aromatic N) is 2. The van der Waals surface area contributed by atoms with Crippen LogP contribution in [0.1, 0.15) is 11.7 Å². The third-order valence-electron chi connectivity index (χ3n) is 2.21. The first-order valence-electron chi connectivity index (χ1n) is 4.90. The van der Waals surface area contributed by atoms with Gasteiger partial charge in [-0.2, -0.15) is 5.10 Å². The Balaban J connectivity index is 2.49. The van der Waals surface area contributed by atoms with Gasteiger partial charge in [0.05, 0.1) is 23.7 Å². The molecule has 0 aliphatic rings. The molecule has 0 radical (unpaired) electrons. The van der Waals surface area contributed by atoms with Crippen molar-refractivity contribution < 1.29 is 9.53 Å². The molecule has 2 rings (SSSR count). The highest BCUT2D eigenvalue weighted by Crippen LogP contribution is 2.25. The summed E-state index contributed by atoms with van der Waals surface area (Å²) in [5.74, 6) is 0.683. The summed E-state index contributed by atoms with van der Waals surface area (Å²) in [6, 6.07) is 5.62. The van der Waals surface area contributed by atoms with E-state index in [4.69, 9.17) is 4.74 Å². The van der Waals surface area contributed by atoms with Crippen LogP contribution in [0.25, 0.3) is 10.9 Å². The number of carbonyl (C=O) groups is 1. The molecule has 4 nitrogen and oxygen atoms in total. The van der Waals surface area contributed by atoms with Crippen LogP contribution in [0.4, 0.5) is 0 Å². The molecule has 1 heterocycles. The normalized spacial score (nSPS) is 10.6. The van der Waals surface area contributed by atoms with E-state index in [1.54, 1.807) is 6.20 Å². The van der Waals surface area contributed by atoms with Gasteiger partial charge in [0.2, 0.25) is 5.91 Å². The number of benzene rings is 1. The van der Waals surface area contributed by atoms with Crippen LogP contribution in [-0.4, -0.2) is 26.7 Å². The Bertz CT molecular complexity index is 522. The van der Waals surface area contributed by atoms with Gasteiger partial charge in [-0.15, -0.1) is 0 Å². The van der Waals surface area contributed by atoms with Crippen LogP contribution in [0, 0.1) is 0 Å². The minimum Gasteiger partial charge on any atom is -0.492 e. The molecule has 0 bridgehead atoms. The molecule has 0 unspecified atom stereocenters. The zero-order chi connectivity index (χ0) is 11.5. The third kappa shape index (κ3) is 2.04. The van der Waals surface area contributed by atoms with Crippen molar-refractivity contribution in [1.82, 2.24) is 9.78 Å². The maximum Gasteiger partial charge on any atom is 0.244 e. The van der Waals surface area contributed by atoms with Gasteiger partial charge in [0.1, 0.15) is 5.75 Å². The second kappa shape index (κ2) is 4.82. The van der Waals surface area contributed by atoms with Crippen molar-refractivity contribution in [3.8, 4) is 5.75 Å². The fraction of sp³-hybridized carbons (Fsp3) is 0.273. The van der Waals surface area contributed by atoms with E-state index in [-0.39, 0.29) is 5.91 Å². The minimum atomic E-state index is -0.0963. The van der Waals surface area contributed by atoms with Gasteiger partial charge in [0, 0.05) is 11.4 Å². The molecular formula is C11H11IN2O2. The molecule has 0 saturated carbocycles. The number of fused-ring (bicyclic) bond motifs is 1. The molecule has 1 aromatic heterocycles. The fourth-order valence-corrected chi connectivity index (χ4v) is 1.77. The number of hydrogen-bond acceptors (Lipinski definition) is 3. The molecule has 0 spiro atoms. The van der Waals surface area contributed by atoms with E-state index in [0.29, 0.717) is 6.61 Å². The van der Waals surface area contributed by atoms with E-state index in [0.717, 1.165) is 21.1 Å². The summed E-state index contributed by atoms with van der Waals surface area (Å²) < 4.78 is 7.90. The number of aromatic nitrogens is 2. The van der Waals surface area contributed by atoms with E-state index < -0.39 is 0 Å². The van der Waals surface area contributed by atoms with Crippen LogP contribution < -0.4 is 4.74 Å². The zero-order valence-corrected chi connectivity index (χ0v) is 11.0. The number of hydrogen-bond donors (Lipinski definition) is 0. The summed E-state index contributed by atoms with van der Waals surface area (Å²) in [6.45, 7) is 2.15. The SMILES string of the molecule is CC(=O)n1ncc2c(OCCI)cccc21. The largest absolute Gasteiger partial charge is 0.492 e.